The van der Waals surface area contributed by atoms with Crippen molar-refractivity contribution >= 4 is 17.9 Å². The van der Waals surface area contributed by atoms with E-state index in [-0.39, 0.29) is 24.0 Å². The Kier molecular flexibility index (Phi) is 40.3. The summed E-state index contributed by atoms with van der Waals surface area (Å²) in [6, 6.07) is 0. The number of hydrogen-bond donors (Lipinski definition) is 0. The highest BCUT2D eigenvalue weighted by Crippen LogP contribution is 2.19. The Morgan fingerprint density at radius 2 is 0.741 bits per heavy atom. The van der Waals surface area contributed by atoms with Crippen molar-refractivity contribution in [3.8, 4) is 0 Å². The summed E-state index contributed by atoms with van der Waals surface area (Å²) in [6.45, 7) is 5.61. The molecule has 0 aromatic rings. The smallest absolute Gasteiger partial charge is 0.306 e. The van der Waals surface area contributed by atoms with Crippen LogP contribution < -0.4 is 0 Å². The van der Waals surface area contributed by atoms with Gasteiger partial charge in [0.15, 0.2) is 0 Å². The minimum atomic E-state index is -0.0576. The van der Waals surface area contributed by atoms with Gasteiger partial charge in [-0.05, 0) is 131 Å². The largest absolute Gasteiger partial charge is 0.466 e. The molecule has 0 atom stereocenters. The molecule has 7 nitrogen and oxygen atoms in total. The highest BCUT2D eigenvalue weighted by molar-refractivity contribution is 5.70. The summed E-state index contributed by atoms with van der Waals surface area (Å²) in [4.78, 5) is 37.4. The molecule has 316 valence electrons. The van der Waals surface area contributed by atoms with Gasteiger partial charge in [0.05, 0.1) is 13.2 Å². The lowest BCUT2D eigenvalue weighted by Gasteiger charge is -2.18. The monoisotopic (exact) mass is 762 g/mol. The highest BCUT2D eigenvalue weighted by Gasteiger charge is 2.14. The van der Waals surface area contributed by atoms with E-state index in [0.717, 1.165) is 64.3 Å². The Bertz CT molecular complexity index is 843. The van der Waals surface area contributed by atoms with E-state index in [1.165, 1.54) is 128 Å². The average molecular weight is 762 g/mol. The molecule has 0 N–H and O–H groups in total. The van der Waals surface area contributed by atoms with Crippen molar-refractivity contribution in [3.63, 3.8) is 0 Å². The summed E-state index contributed by atoms with van der Waals surface area (Å²) in [6.07, 6.45) is 45.4. The molecular formula is C47H87NO6. The fourth-order valence-corrected chi connectivity index (χ4v) is 6.79. The number of carbonyl (C=O) groups is 3. The molecule has 54 heavy (non-hydrogen) atoms. The van der Waals surface area contributed by atoms with Gasteiger partial charge in [-0.15, -0.1) is 0 Å². The molecule has 0 fully saturated rings. The number of carbonyl (C=O) groups excluding carboxylic acids is 3. The maximum Gasteiger partial charge on any atom is 0.306 e. The van der Waals surface area contributed by atoms with Gasteiger partial charge in [-0.25, -0.2) is 0 Å². The number of hydrogen-bond acceptors (Lipinski definition) is 7. The molecule has 0 aliphatic carbocycles. The van der Waals surface area contributed by atoms with E-state index in [1.807, 2.05) is 13.8 Å². The fraction of sp³-hybridized carbons (Fsp3) is 0.851. The molecule has 0 spiro atoms. The number of ether oxygens (including phenoxy) is 3. The van der Waals surface area contributed by atoms with E-state index in [0.29, 0.717) is 32.5 Å². The van der Waals surface area contributed by atoms with E-state index in [1.54, 1.807) is 0 Å². The van der Waals surface area contributed by atoms with Crippen molar-refractivity contribution < 1.29 is 28.6 Å². The molecule has 0 aromatic heterocycles. The van der Waals surface area contributed by atoms with E-state index in [4.69, 9.17) is 14.2 Å². The van der Waals surface area contributed by atoms with Crippen LogP contribution >= 0.6 is 0 Å². The maximum absolute atomic E-state index is 12.6. The predicted molar refractivity (Wildman–Crippen MR) is 228 cm³/mol. The Balaban J connectivity index is 3.92. The average Bonchev–Trinajstić information content (AvgIpc) is 3.14. The van der Waals surface area contributed by atoms with Gasteiger partial charge in [0, 0.05) is 19.3 Å². The molecule has 7 heteroatoms. The van der Waals surface area contributed by atoms with E-state index in [9.17, 15) is 14.4 Å². The van der Waals surface area contributed by atoms with Crippen molar-refractivity contribution in [2.75, 3.05) is 33.9 Å². The lowest BCUT2D eigenvalue weighted by molar-refractivity contribution is -0.150. The number of rotatable bonds is 41. The molecule has 0 aliphatic rings. The summed E-state index contributed by atoms with van der Waals surface area (Å²) in [5.74, 6) is -0.129. The van der Waals surface area contributed by atoms with Crippen LogP contribution in [0.3, 0.4) is 0 Å². The Morgan fingerprint density at radius 1 is 0.426 bits per heavy atom. The van der Waals surface area contributed by atoms with E-state index < -0.39 is 0 Å². The zero-order chi connectivity index (χ0) is 39.6. The normalized spacial score (nSPS) is 11.7. The summed E-state index contributed by atoms with van der Waals surface area (Å²) in [5, 5.41) is 0. The Morgan fingerprint density at radius 3 is 1.09 bits per heavy atom. The topological polar surface area (TPSA) is 82.1 Å². The first kappa shape index (κ1) is 51.9. The highest BCUT2D eigenvalue weighted by atomic mass is 16.5. The number of nitrogens with zero attached hydrogens (tertiary/aromatic N) is 1. The summed E-state index contributed by atoms with van der Waals surface area (Å²) in [5.41, 5.74) is 0. The molecule has 0 amide bonds. The molecule has 0 heterocycles. The van der Waals surface area contributed by atoms with Crippen LogP contribution in [0, 0.1) is 0 Å². The van der Waals surface area contributed by atoms with Crippen molar-refractivity contribution in [1.29, 1.82) is 0 Å². The fourth-order valence-electron chi connectivity index (χ4n) is 6.79. The number of esters is 3. The van der Waals surface area contributed by atoms with E-state index in [2.05, 4.69) is 43.3 Å². The van der Waals surface area contributed by atoms with Crippen LogP contribution in [0.25, 0.3) is 0 Å². The summed E-state index contributed by atoms with van der Waals surface area (Å²) < 4.78 is 16.0. The molecule has 0 radical (unpaired) electrons. The minimum Gasteiger partial charge on any atom is -0.466 e. The quantitative estimate of drug-likeness (QED) is 0.0265. The van der Waals surface area contributed by atoms with Gasteiger partial charge in [-0.3, -0.25) is 14.4 Å². The van der Waals surface area contributed by atoms with Gasteiger partial charge in [-0.1, -0.05) is 114 Å². The zero-order valence-electron chi connectivity index (χ0n) is 36.0. The van der Waals surface area contributed by atoms with Gasteiger partial charge in [-0.2, -0.15) is 0 Å². The van der Waals surface area contributed by atoms with Gasteiger partial charge in [0.2, 0.25) is 0 Å². The third-order valence-corrected chi connectivity index (χ3v) is 10.0. The Labute approximate surface area is 334 Å². The number of unbranched alkanes of at least 4 members (excludes halogenated alkanes) is 22. The molecule has 0 saturated heterocycles. The molecule has 0 aliphatic heterocycles. The van der Waals surface area contributed by atoms with Gasteiger partial charge in [0.1, 0.15) is 6.10 Å². The van der Waals surface area contributed by atoms with E-state index >= 15 is 0 Å². The minimum absolute atomic E-state index is 0.0139. The molecule has 0 unspecified atom stereocenters. The van der Waals surface area contributed by atoms with Crippen LogP contribution in [0.1, 0.15) is 219 Å². The molecule has 0 aromatic carbocycles. The van der Waals surface area contributed by atoms with Crippen molar-refractivity contribution in [2.45, 2.75) is 225 Å². The standard InChI is InChI=1S/C47H87NO6/c1-5-52-45(49)40-35-31-27-23-19-15-11-7-9-13-17-21-25-29-33-38-44(54-47(51)42-37-43-48(3)4)39-34-30-26-22-18-14-10-8-12-16-20-24-28-32-36-41-46(50)53-6-2/h7-8,11-12,44H,5-6,9-10,13-43H2,1-4H3/b11-7-,12-8-. The van der Waals surface area contributed by atoms with Crippen LogP contribution in [0.15, 0.2) is 24.3 Å². The third kappa shape index (κ3) is 41.0. The summed E-state index contributed by atoms with van der Waals surface area (Å²) >= 11 is 0. The van der Waals surface area contributed by atoms with Crippen LogP contribution in [-0.2, 0) is 28.6 Å². The van der Waals surface area contributed by atoms with Crippen LogP contribution in [0.4, 0.5) is 0 Å². The van der Waals surface area contributed by atoms with Crippen LogP contribution in [-0.4, -0.2) is 62.8 Å². The maximum atomic E-state index is 12.6. The lowest BCUT2D eigenvalue weighted by atomic mass is 10.0. The van der Waals surface area contributed by atoms with Crippen molar-refractivity contribution in [3.05, 3.63) is 24.3 Å². The first-order valence-corrected chi connectivity index (χ1v) is 22.8. The first-order valence-electron chi connectivity index (χ1n) is 22.8. The zero-order valence-corrected chi connectivity index (χ0v) is 36.0. The van der Waals surface area contributed by atoms with Gasteiger partial charge in [0.25, 0.3) is 0 Å². The second-order valence-corrected chi connectivity index (χ2v) is 15.6. The summed E-state index contributed by atoms with van der Waals surface area (Å²) in [7, 11) is 4.10. The van der Waals surface area contributed by atoms with Gasteiger partial charge >= 0.3 is 17.9 Å². The second-order valence-electron chi connectivity index (χ2n) is 15.6. The van der Waals surface area contributed by atoms with Crippen molar-refractivity contribution in [1.82, 2.24) is 4.90 Å². The van der Waals surface area contributed by atoms with Crippen molar-refractivity contribution in [2.24, 2.45) is 0 Å². The second kappa shape index (κ2) is 42.0. The lowest BCUT2D eigenvalue weighted by Crippen LogP contribution is -2.20. The third-order valence-electron chi connectivity index (χ3n) is 10.0. The SMILES string of the molecule is CCOC(=O)CCCCCCC/C=C\CCCCCCCCC(CCCCCCCC/C=C\CCCCCCCC(=O)OCC)OC(=O)CCCN(C)C. The van der Waals surface area contributed by atoms with Gasteiger partial charge < -0.3 is 19.1 Å². The van der Waals surface area contributed by atoms with Crippen LogP contribution in [0.2, 0.25) is 0 Å². The molecule has 0 saturated carbocycles. The Hall–Kier alpha value is -2.15. The molecule has 0 bridgehead atoms. The van der Waals surface area contributed by atoms with Crippen LogP contribution in [0.5, 0.6) is 0 Å². The predicted octanol–water partition coefficient (Wildman–Crippen LogP) is 13.2. The first-order chi connectivity index (χ1) is 26.4. The number of allylic oxidation sites excluding steroid dienone is 4. The molecular weight excluding hydrogens is 675 g/mol. The molecule has 0 rings (SSSR count).